The predicted octanol–water partition coefficient (Wildman–Crippen LogP) is 11.0. The third-order valence-corrected chi connectivity index (χ3v) is 10.6. The molecule has 0 N–H and O–H groups in total. The standard InChI is InChI=1S/C48H36BN3/c1-6-17-35(18-7-1)36-29-31-42-46(33-36)51(39-23-12-4-13-24-39)44-27-16-28-45-48(44)49(42)43-32-30-41(34-47(43)52(45)40-25-14-5-15-26-40)50(37-19-8-2-9-20-37)38-21-10-3-11-22-38/h2-6,8-34H,1,7H2. The van der Waals surface area contributed by atoms with Crippen molar-refractivity contribution in [3.63, 3.8) is 0 Å². The molecule has 0 atom stereocenters. The van der Waals surface area contributed by atoms with Crippen molar-refractivity contribution in [1.29, 1.82) is 0 Å². The topological polar surface area (TPSA) is 9.72 Å². The number of hydrogen-bond acceptors (Lipinski definition) is 3. The van der Waals surface area contributed by atoms with E-state index in [1.165, 1.54) is 50.3 Å². The van der Waals surface area contributed by atoms with Gasteiger partial charge in [0.2, 0.25) is 0 Å². The molecule has 0 saturated carbocycles. The second-order valence-electron chi connectivity index (χ2n) is 13.6. The summed E-state index contributed by atoms with van der Waals surface area (Å²) in [5.74, 6) is 0. The quantitative estimate of drug-likeness (QED) is 0.164. The van der Waals surface area contributed by atoms with Crippen LogP contribution in [-0.4, -0.2) is 6.71 Å². The molecule has 0 saturated heterocycles. The Morgan fingerprint density at radius 2 is 0.981 bits per heavy atom. The van der Waals surface area contributed by atoms with Crippen LogP contribution in [-0.2, 0) is 0 Å². The van der Waals surface area contributed by atoms with E-state index in [4.69, 9.17) is 0 Å². The third kappa shape index (κ3) is 4.98. The second kappa shape index (κ2) is 12.7. The number of anilines is 9. The average Bonchev–Trinajstić information content (AvgIpc) is 3.22. The first-order valence-electron chi connectivity index (χ1n) is 18.2. The summed E-state index contributed by atoms with van der Waals surface area (Å²) in [5.41, 5.74) is 17.0. The fourth-order valence-corrected chi connectivity index (χ4v) is 8.37. The van der Waals surface area contributed by atoms with Gasteiger partial charge in [0, 0.05) is 51.2 Å². The van der Waals surface area contributed by atoms with Crippen LogP contribution in [0.5, 0.6) is 0 Å². The molecule has 0 unspecified atom stereocenters. The Morgan fingerprint density at radius 3 is 1.54 bits per heavy atom. The van der Waals surface area contributed by atoms with Crippen LogP contribution in [0, 0.1) is 0 Å². The van der Waals surface area contributed by atoms with E-state index < -0.39 is 0 Å². The van der Waals surface area contributed by atoms with Crippen molar-refractivity contribution < 1.29 is 0 Å². The molecule has 2 heterocycles. The van der Waals surface area contributed by atoms with E-state index in [2.05, 4.69) is 209 Å². The number of hydrogen-bond donors (Lipinski definition) is 0. The lowest BCUT2D eigenvalue weighted by Crippen LogP contribution is -2.61. The molecular formula is C48H36BN3. The number of rotatable bonds is 6. The first-order valence-corrected chi connectivity index (χ1v) is 18.2. The van der Waals surface area contributed by atoms with Gasteiger partial charge in [-0.2, -0.15) is 0 Å². The van der Waals surface area contributed by atoms with E-state index in [0.717, 1.165) is 41.3 Å². The Morgan fingerprint density at radius 1 is 0.442 bits per heavy atom. The van der Waals surface area contributed by atoms with Gasteiger partial charge in [0.1, 0.15) is 0 Å². The normalized spacial score (nSPS) is 13.9. The van der Waals surface area contributed by atoms with Crippen LogP contribution in [0.4, 0.5) is 51.2 Å². The molecule has 7 aromatic carbocycles. The minimum atomic E-state index is 0.0528. The van der Waals surface area contributed by atoms with E-state index in [0.29, 0.717) is 0 Å². The molecule has 0 spiro atoms. The highest BCUT2D eigenvalue weighted by Crippen LogP contribution is 2.46. The fraction of sp³-hybridized carbons (Fsp3) is 0.0417. The van der Waals surface area contributed by atoms with Crippen molar-refractivity contribution >= 4 is 79.9 Å². The lowest BCUT2D eigenvalue weighted by molar-refractivity contribution is 1.04. The molecule has 3 nitrogen and oxygen atoms in total. The molecule has 1 aliphatic carbocycles. The Kier molecular flexibility index (Phi) is 7.39. The summed E-state index contributed by atoms with van der Waals surface area (Å²) in [7, 11) is 0. The third-order valence-electron chi connectivity index (χ3n) is 10.6. The van der Waals surface area contributed by atoms with Gasteiger partial charge in [-0.05, 0) is 119 Å². The van der Waals surface area contributed by atoms with E-state index >= 15 is 0 Å². The maximum absolute atomic E-state index is 2.48. The minimum absolute atomic E-state index is 0.0528. The van der Waals surface area contributed by atoms with Gasteiger partial charge in [0.15, 0.2) is 0 Å². The Labute approximate surface area is 306 Å². The van der Waals surface area contributed by atoms with Crippen LogP contribution in [0.2, 0.25) is 0 Å². The van der Waals surface area contributed by atoms with Gasteiger partial charge >= 0.3 is 0 Å². The maximum Gasteiger partial charge on any atom is 0.252 e. The maximum atomic E-state index is 2.48. The van der Waals surface area contributed by atoms with Gasteiger partial charge in [-0.3, -0.25) is 0 Å². The van der Waals surface area contributed by atoms with Crippen LogP contribution in [0.25, 0.3) is 5.57 Å². The van der Waals surface area contributed by atoms with Gasteiger partial charge in [-0.1, -0.05) is 115 Å². The molecule has 0 fully saturated rings. The van der Waals surface area contributed by atoms with Crippen molar-refractivity contribution in [3.05, 3.63) is 200 Å². The largest absolute Gasteiger partial charge is 0.311 e. The summed E-state index contributed by atoms with van der Waals surface area (Å²) in [6, 6.07) is 64.1. The van der Waals surface area contributed by atoms with Crippen LogP contribution in [0.1, 0.15) is 18.4 Å². The molecule has 0 bridgehead atoms. The van der Waals surface area contributed by atoms with Crippen LogP contribution < -0.4 is 31.1 Å². The van der Waals surface area contributed by atoms with Crippen molar-refractivity contribution in [1.82, 2.24) is 0 Å². The van der Waals surface area contributed by atoms with Gasteiger partial charge in [-0.25, -0.2) is 0 Å². The Hall–Kier alpha value is -6.52. The van der Waals surface area contributed by atoms with E-state index in [9.17, 15) is 0 Å². The summed E-state index contributed by atoms with van der Waals surface area (Å²) in [6.45, 7) is 0.0528. The van der Waals surface area contributed by atoms with Crippen molar-refractivity contribution in [2.24, 2.45) is 0 Å². The fourth-order valence-electron chi connectivity index (χ4n) is 8.37. The second-order valence-corrected chi connectivity index (χ2v) is 13.6. The number of para-hydroxylation sites is 4. The first kappa shape index (κ1) is 30.3. The number of allylic oxidation sites excluding steroid dienone is 4. The molecule has 0 radical (unpaired) electrons. The van der Waals surface area contributed by atoms with Crippen LogP contribution in [0.15, 0.2) is 194 Å². The molecule has 2 aliphatic heterocycles. The summed E-state index contributed by atoms with van der Waals surface area (Å²) in [4.78, 5) is 7.32. The highest BCUT2D eigenvalue weighted by molar-refractivity contribution is 7.00. The number of fused-ring (bicyclic) bond motifs is 4. The van der Waals surface area contributed by atoms with Crippen LogP contribution in [0.3, 0.4) is 0 Å². The monoisotopic (exact) mass is 665 g/mol. The van der Waals surface area contributed by atoms with Gasteiger partial charge < -0.3 is 14.7 Å². The van der Waals surface area contributed by atoms with Crippen molar-refractivity contribution in [2.45, 2.75) is 12.8 Å². The summed E-state index contributed by atoms with van der Waals surface area (Å²) in [6.07, 6.45) is 9.14. The SMILES string of the molecule is C1=CC(c2ccc3c(c2)N(c2ccccc2)c2cccc4c2B3c2ccc(N(c3ccccc3)c3ccccc3)cc2N4c2ccccc2)=CCC1. The zero-order valence-electron chi connectivity index (χ0n) is 28.8. The summed E-state index contributed by atoms with van der Waals surface area (Å²) in [5, 5.41) is 0. The summed E-state index contributed by atoms with van der Waals surface area (Å²) >= 11 is 0. The minimum Gasteiger partial charge on any atom is -0.311 e. The molecule has 7 aromatic rings. The van der Waals surface area contributed by atoms with Gasteiger partial charge in [0.25, 0.3) is 6.71 Å². The molecule has 246 valence electrons. The first-order chi connectivity index (χ1) is 25.8. The van der Waals surface area contributed by atoms with Gasteiger partial charge in [-0.15, -0.1) is 0 Å². The molecular weight excluding hydrogens is 629 g/mol. The molecule has 3 aliphatic rings. The zero-order valence-corrected chi connectivity index (χ0v) is 28.8. The smallest absolute Gasteiger partial charge is 0.252 e. The van der Waals surface area contributed by atoms with Crippen molar-refractivity contribution in [2.75, 3.05) is 14.7 Å². The number of benzene rings is 7. The average molecular weight is 666 g/mol. The highest BCUT2D eigenvalue weighted by Gasteiger charge is 2.43. The Bertz CT molecular complexity index is 2440. The van der Waals surface area contributed by atoms with E-state index in [1.54, 1.807) is 0 Å². The van der Waals surface area contributed by atoms with E-state index in [-0.39, 0.29) is 6.71 Å². The molecule has 4 heteroatoms. The van der Waals surface area contributed by atoms with Crippen molar-refractivity contribution in [3.8, 4) is 0 Å². The Balaban J connectivity index is 1.24. The van der Waals surface area contributed by atoms with Gasteiger partial charge in [0.05, 0.1) is 0 Å². The zero-order chi connectivity index (χ0) is 34.4. The lowest BCUT2D eigenvalue weighted by atomic mass is 9.33. The highest BCUT2D eigenvalue weighted by atomic mass is 15.2. The van der Waals surface area contributed by atoms with E-state index in [1.807, 2.05) is 0 Å². The molecule has 52 heavy (non-hydrogen) atoms. The molecule has 0 aromatic heterocycles. The molecule has 0 amide bonds. The van der Waals surface area contributed by atoms with Crippen LogP contribution >= 0.6 is 0 Å². The molecule has 10 rings (SSSR count). The number of nitrogens with zero attached hydrogens (tertiary/aromatic N) is 3. The summed E-state index contributed by atoms with van der Waals surface area (Å²) < 4.78 is 0. The lowest BCUT2D eigenvalue weighted by Gasteiger charge is -2.44. The predicted molar refractivity (Wildman–Crippen MR) is 221 cm³/mol.